The fourth-order valence-corrected chi connectivity index (χ4v) is 4.03. The van der Waals surface area contributed by atoms with Crippen molar-refractivity contribution >= 4 is 5.91 Å². The molecule has 144 valence electrons. The number of benzene rings is 2. The van der Waals surface area contributed by atoms with Crippen molar-refractivity contribution in [2.75, 3.05) is 0 Å². The number of aromatic nitrogens is 1. The minimum Gasteiger partial charge on any atom is -0.457 e. The Morgan fingerprint density at radius 3 is 2.46 bits per heavy atom. The van der Waals surface area contributed by atoms with Crippen molar-refractivity contribution in [2.45, 2.75) is 45.6 Å². The summed E-state index contributed by atoms with van der Waals surface area (Å²) in [5, 5.41) is 0. The lowest BCUT2D eigenvalue weighted by atomic mass is 9.98. The van der Waals surface area contributed by atoms with Gasteiger partial charge in [-0.15, -0.1) is 0 Å². The Morgan fingerprint density at radius 2 is 1.82 bits per heavy atom. The lowest BCUT2D eigenvalue weighted by Crippen LogP contribution is -2.13. The van der Waals surface area contributed by atoms with Gasteiger partial charge in [0.25, 0.3) is 5.91 Å². The standard InChI is InChI=1S/C24H26N2O2/c1-3-8-21-23(22(24(25)27)16(2)26(21)18-13-14-18)17-9-7-12-20(15-17)28-19-10-5-4-6-11-19/h4-7,9-12,15,18H,3,8,13-14H2,1-2H3,(H2,25,27). The monoisotopic (exact) mass is 374 g/mol. The maximum atomic E-state index is 12.4. The van der Waals surface area contributed by atoms with Gasteiger partial charge in [0.15, 0.2) is 0 Å². The molecule has 0 bridgehead atoms. The van der Waals surface area contributed by atoms with Crippen LogP contribution in [0.25, 0.3) is 11.1 Å². The molecule has 0 atom stereocenters. The number of carbonyl (C=O) groups excluding carboxylic acids is 1. The number of primary amides is 1. The van der Waals surface area contributed by atoms with Gasteiger partial charge in [-0.05, 0) is 56.0 Å². The highest BCUT2D eigenvalue weighted by atomic mass is 16.5. The third-order valence-electron chi connectivity index (χ3n) is 5.30. The van der Waals surface area contributed by atoms with E-state index in [1.54, 1.807) is 0 Å². The van der Waals surface area contributed by atoms with Crippen LogP contribution in [0.1, 0.15) is 54.0 Å². The number of amides is 1. The van der Waals surface area contributed by atoms with Gasteiger partial charge in [0.05, 0.1) is 5.56 Å². The molecule has 1 heterocycles. The molecule has 0 saturated heterocycles. The van der Waals surface area contributed by atoms with Crippen LogP contribution in [-0.2, 0) is 6.42 Å². The van der Waals surface area contributed by atoms with E-state index in [0.717, 1.165) is 41.2 Å². The first kappa shape index (κ1) is 18.4. The zero-order valence-electron chi connectivity index (χ0n) is 16.4. The van der Waals surface area contributed by atoms with Gasteiger partial charge in [0.1, 0.15) is 11.5 Å². The third kappa shape index (κ3) is 3.42. The Morgan fingerprint density at radius 1 is 1.11 bits per heavy atom. The van der Waals surface area contributed by atoms with Crippen LogP contribution in [0.15, 0.2) is 54.6 Å². The largest absolute Gasteiger partial charge is 0.457 e. The van der Waals surface area contributed by atoms with Gasteiger partial charge in [-0.3, -0.25) is 4.79 Å². The first-order chi connectivity index (χ1) is 13.6. The van der Waals surface area contributed by atoms with Gasteiger partial charge < -0.3 is 15.0 Å². The molecule has 0 aliphatic heterocycles. The van der Waals surface area contributed by atoms with E-state index in [9.17, 15) is 4.79 Å². The average molecular weight is 374 g/mol. The number of nitrogens with two attached hydrogens (primary N) is 1. The van der Waals surface area contributed by atoms with Crippen LogP contribution in [0, 0.1) is 6.92 Å². The summed E-state index contributed by atoms with van der Waals surface area (Å²) in [6, 6.07) is 18.2. The molecule has 0 unspecified atom stereocenters. The quantitative estimate of drug-likeness (QED) is 0.581. The van der Waals surface area contributed by atoms with E-state index in [0.29, 0.717) is 11.6 Å². The molecule has 0 radical (unpaired) electrons. The molecule has 0 spiro atoms. The second kappa shape index (κ2) is 7.55. The highest BCUT2D eigenvalue weighted by Crippen LogP contribution is 2.44. The summed E-state index contributed by atoms with van der Waals surface area (Å²) in [5.41, 5.74) is 10.6. The highest BCUT2D eigenvalue weighted by molar-refractivity contribution is 6.02. The van der Waals surface area contributed by atoms with E-state index in [-0.39, 0.29) is 5.91 Å². The number of carbonyl (C=O) groups is 1. The number of hydrogen-bond donors (Lipinski definition) is 1. The molecular formula is C24H26N2O2. The number of para-hydroxylation sites is 1. The van der Waals surface area contributed by atoms with Crippen LogP contribution in [0.4, 0.5) is 0 Å². The molecule has 4 rings (SSSR count). The van der Waals surface area contributed by atoms with Crippen molar-refractivity contribution in [3.05, 3.63) is 71.5 Å². The van der Waals surface area contributed by atoms with Crippen LogP contribution >= 0.6 is 0 Å². The second-order valence-corrected chi connectivity index (χ2v) is 7.44. The molecule has 1 amide bonds. The third-order valence-corrected chi connectivity index (χ3v) is 5.30. The van der Waals surface area contributed by atoms with Gasteiger partial charge in [0, 0.05) is 23.0 Å². The van der Waals surface area contributed by atoms with Gasteiger partial charge in [0.2, 0.25) is 0 Å². The van der Waals surface area contributed by atoms with Crippen LogP contribution in [0.3, 0.4) is 0 Å². The van der Waals surface area contributed by atoms with Crippen molar-refractivity contribution in [3.8, 4) is 22.6 Å². The van der Waals surface area contributed by atoms with E-state index < -0.39 is 0 Å². The number of rotatable bonds is 7. The molecule has 2 N–H and O–H groups in total. The molecule has 1 fully saturated rings. The van der Waals surface area contributed by atoms with E-state index >= 15 is 0 Å². The maximum absolute atomic E-state index is 12.4. The summed E-state index contributed by atoms with van der Waals surface area (Å²) in [4.78, 5) is 12.4. The normalized spacial score (nSPS) is 13.5. The van der Waals surface area contributed by atoms with Crippen molar-refractivity contribution in [2.24, 2.45) is 5.73 Å². The average Bonchev–Trinajstić information content (AvgIpc) is 3.47. The van der Waals surface area contributed by atoms with Crippen LogP contribution < -0.4 is 10.5 Å². The minimum absolute atomic E-state index is 0.362. The molecule has 1 aliphatic rings. The van der Waals surface area contributed by atoms with Gasteiger partial charge in [-0.25, -0.2) is 0 Å². The minimum atomic E-state index is -0.362. The Labute approximate surface area is 165 Å². The van der Waals surface area contributed by atoms with Gasteiger partial charge in [-0.2, -0.15) is 0 Å². The molecule has 28 heavy (non-hydrogen) atoms. The molecular weight excluding hydrogens is 348 g/mol. The van der Waals surface area contributed by atoms with Crippen LogP contribution in [0.2, 0.25) is 0 Å². The molecule has 2 aromatic carbocycles. The molecule has 1 saturated carbocycles. The van der Waals surface area contributed by atoms with E-state index in [1.165, 1.54) is 18.5 Å². The van der Waals surface area contributed by atoms with Crippen LogP contribution in [0.5, 0.6) is 11.5 Å². The first-order valence-corrected chi connectivity index (χ1v) is 9.97. The second-order valence-electron chi connectivity index (χ2n) is 7.44. The summed E-state index contributed by atoms with van der Waals surface area (Å²) in [6.07, 6.45) is 4.27. The predicted molar refractivity (Wildman–Crippen MR) is 112 cm³/mol. The van der Waals surface area contributed by atoms with E-state index in [2.05, 4.69) is 11.5 Å². The van der Waals surface area contributed by atoms with Crippen molar-refractivity contribution in [3.63, 3.8) is 0 Å². The topological polar surface area (TPSA) is 57.2 Å². The van der Waals surface area contributed by atoms with Crippen molar-refractivity contribution in [1.82, 2.24) is 4.57 Å². The van der Waals surface area contributed by atoms with Crippen molar-refractivity contribution < 1.29 is 9.53 Å². The fraction of sp³-hybridized carbons (Fsp3) is 0.292. The molecule has 4 nitrogen and oxygen atoms in total. The lowest BCUT2D eigenvalue weighted by molar-refractivity contribution is 0.1000. The molecule has 1 aliphatic carbocycles. The van der Waals surface area contributed by atoms with E-state index in [4.69, 9.17) is 10.5 Å². The Bertz CT molecular complexity index is 1000. The number of nitrogens with zero attached hydrogens (tertiary/aromatic N) is 1. The number of ether oxygens (including phenoxy) is 1. The molecule has 4 heteroatoms. The maximum Gasteiger partial charge on any atom is 0.251 e. The summed E-state index contributed by atoms with van der Waals surface area (Å²) < 4.78 is 8.37. The van der Waals surface area contributed by atoms with Gasteiger partial charge >= 0.3 is 0 Å². The Hall–Kier alpha value is -3.01. The SMILES string of the molecule is CCCc1c(-c2cccc(Oc3ccccc3)c2)c(C(N)=O)c(C)n1C1CC1. The lowest BCUT2D eigenvalue weighted by Gasteiger charge is -2.12. The summed E-state index contributed by atoms with van der Waals surface area (Å²) >= 11 is 0. The van der Waals surface area contributed by atoms with E-state index in [1.807, 2.05) is 61.5 Å². The van der Waals surface area contributed by atoms with Crippen molar-refractivity contribution in [1.29, 1.82) is 0 Å². The molecule has 1 aromatic heterocycles. The Balaban J connectivity index is 1.83. The summed E-state index contributed by atoms with van der Waals surface area (Å²) in [5.74, 6) is 1.17. The zero-order valence-corrected chi connectivity index (χ0v) is 16.4. The fourth-order valence-electron chi connectivity index (χ4n) is 4.03. The zero-order chi connectivity index (χ0) is 19.7. The van der Waals surface area contributed by atoms with Gasteiger partial charge in [-0.1, -0.05) is 43.7 Å². The summed E-state index contributed by atoms with van der Waals surface area (Å²) in [7, 11) is 0. The van der Waals surface area contributed by atoms with Crippen LogP contribution in [-0.4, -0.2) is 10.5 Å². The smallest absolute Gasteiger partial charge is 0.251 e. The molecule has 3 aromatic rings. The number of hydrogen-bond acceptors (Lipinski definition) is 2. The highest BCUT2D eigenvalue weighted by Gasteiger charge is 2.32. The predicted octanol–water partition coefficient (Wildman–Crippen LogP) is 5.64. The first-order valence-electron chi connectivity index (χ1n) is 9.97. The summed E-state index contributed by atoms with van der Waals surface area (Å²) in [6.45, 7) is 4.19. The Kier molecular flexibility index (Phi) is 4.95.